The maximum atomic E-state index is 14.5. The Morgan fingerprint density at radius 1 is 1.11 bits per heavy atom. The summed E-state index contributed by atoms with van der Waals surface area (Å²) in [6.07, 6.45) is 7.21. The number of anilines is 1. The molecule has 0 bridgehead atoms. The number of rotatable bonds is 16. The molecule has 1 saturated heterocycles. The monoisotopic (exact) mass is 638 g/mol. The van der Waals surface area contributed by atoms with Gasteiger partial charge in [0.1, 0.15) is 23.6 Å². The number of nitrogens with one attached hydrogen (secondary N) is 1. The van der Waals surface area contributed by atoms with Crippen LogP contribution in [0.4, 0.5) is 5.82 Å². The van der Waals surface area contributed by atoms with Crippen LogP contribution in [0.3, 0.4) is 0 Å². The third-order valence-electron chi connectivity index (χ3n) is 7.72. The third-order valence-corrected chi connectivity index (χ3v) is 9.28. The Morgan fingerprint density at radius 3 is 2.73 bits per heavy atom. The van der Waals surface area contributed by atoms with Gasteiger partial charge in [0.2, 0.25) is 0 Å². The Kier molecular flexibility index (Phi) is 11.0. The summed E-state index contributed by atoms with van der Waals surface area (Å²) in [4.78, 5) is 25.8. The summed E-state index contributed by atoms with van der Waals surface area (Å²) in [6, 6.07) is 12.3. The number of hydrogen-bond acceptors (Lipinski definition) is 10. The van der Waals surface area contributed by atoms with Gasteiger partial charge in [-0.1, -0.05) is 70.0 Å². The van der Waals surface area contributed by atoms with Crippen LogP contribution in [0, 0.1) is 5.92 Å². The van der Waals surface area contributed by atoms with Crippen molar-refractivity contribution in [2.24, 2.45) is 5.92 Å². The number of imidazole rings is 1. The van der Waals surface area contributed by atoms with Crippen molar-refractivity contribution in [2.45, 2.75) is 84.1 Å². The number of carbonyl (C=O) groups excluding carboxylic acids is 1. The lowest BCUT2D eigenvalue weighted by Crippen LogP contribution is -2.39. The molecule has 2 aromatic heterocycles. The summed E-state index contributed by atoms with van der Waals surface area (Å²) in [7, 11) is -4.10. The number of hydrogen-bond donors (Lipinski definition) is 2. The Bertz CT molecular complexity index is 1630. The molecule has 1 unspecified atom stereocenters. The SMILES string of the molecule is CCCCCOC(=O)[C@H](CC(C)C)NP(=O)(OC[C@@H]1CC[C@H](Cn2cnc3c(N)ncnc32)O1)Oc1cccc2ccccc12. The lowest BCUT2D eigenvalue weighted by molar-refractivity contribution is -0.146. The van der Waals surface area contributed by atoms with Crippen molar-refractivity contribution in [2.75, 3.05) is 18.9 Å². The number of fused-ring (bicyclic) bond motifs is 2. The van der Waals surface area contributed by atoms with Crippen molar-refractivity contribution in [3.8, 4) is 5.75 Å². The van der Waals surface area contributed by atoms with Crippen LogP contribution < -0.4 is 15.3 Å². The van der Waals surface area contributed by atoms with Gasteiger partial charge in [-0.15, -0.1) is 0 Å². The smallest absolute Gasteiger partial charge is 0.459 e. The molecule has 0 aliphatic carbocycles. The zero-order chi connectivity index (χ0) is 31.8. The third kappa shape index (κ3) is 8.58. The Hall–Kier alpha value is -3.57. The van der Waals surface area contributed by atoms with E-state index < -0.39 is 19.8 Å². The Balaban J connectivity index is 1.30. The molecule has 0 amide bonds. The molecular weight excluding hydrogens is 595 g/mol. The molecule has 4 atom stereocenters. The van der Waals surface area contributed by atoms with Crippen LogP contribution in [-0.4, -0.2) is 57.0 Å². The fourth-order valence-corrected chi connectivity index (χ4v) is 7.01. The summed E-state index contributed by atoms with van der Waals surface area (Å²) >= 11 is 0. The lowest BCUT2D eigenvalue weighted by Gasteiger charge is -2.27. The number of benzene rings is 2. The van der Waals surface area contributed by atoms with E-state index in [9.17, 15) is 9.36 Å². The van der Waals surface area contributed by atoms with E-state index in [-0.39, 0.29) is 24.7 Å². The first kappa shape index (κ1) is 32.8. The van der Waals surface area contributed by atoms with Crippen molar-refractivity contribution in [3.63, 3.8) is 0 Å². The van der Waals surface area contributed by atoms with Gasteiger partial charge in [-0.25, -0.2) is 19.5 Å². The summed E-state index contributed by atoms with van der Waals surface area (Å²) < 4.78 is 40.5. The van der Waals surface area contributed by atoms with Crippen molar-refractivity contribution in [3.05, 3.63) is 55.1 Å². The van der Waals surface area contributed by atoms with Gasteiger partial charge >= 0.3 is 13.7 Å². The second-order valence-electron chi connectivity index (χ2n) is 11.8. The summed E-state index contributed by atoms with van der Waals surface area (Å²) in [6.45, 7) is 6.90. The molecule has 1 fully saturated rings. The van der Waals surface area contributed by atoms with Crippen LogP contribution in [-0.2, 0) is 29.9 Å². The van der Waals surface area contributed by atoms with E-state index in [0.717, 1.165) is 36.5 Å². The minimum atomic E-state index is -4.10. The molecule has 242 valence electrons. The summed E-state index contributed by atoms with van der Waals surface area (Å²) in [5, 5.41) is 4.66. The molecule has 1 aliphatic rings. The van der Waals surface area contributed by atoms with Crippen molar-refractivity contribution < 1.29 is 27.9 Å². The molecule has 2 aromatic carbocycles. The molecule has 0 saturated carbocycles. The fourth-order valence-electron chi connectivity index (χ4n) is 5.45. The van der Waals surface area contributed by atoms with E-state index in [1.807, 2.05) is 54.8 Å². The van der Waals surface area contributed by atoms with Gasteiger partial charge < -0.3 is 24.3 Å². The number of ether oxygens (including phenoxy) is 2. The largest absolute Gasteiger partial charge is 0.465 e. The van der Waals surface area contributed by atoms with Gasteiger partial charge in [0.05, 0.1) is 38.3 Å². The molecule has 3 N–H and O–H groups in total. The zero-order valence-electron chi connectivity index (χ0n) is 26.1. The first-order chi connectivity index (χ1) is 21.7. The van der Waals surface area contributed by atoms with Gasteiger partial charge in [-0.3, -0.25) is 9.32 Å². The van der Waals surface area contributed by atoms with Gasteiger partial charge in [-0.05, 0) is 43.1 Å². The minimum absolute atomic E-state index is 0.00524. The average molecular weight is 639 g/mol. The van der Waals surface area contributed by atoms with Gasteiger partial charge in [-0.2, -0.15) is 5.09 Å². The van der Waals surface area contributed by atoms with E-state index in [1.165, 1.54) is 6.33 Å². The standard InChI is InChI=1S/C32H43N6O6P/c1-4-5-8-16-41-32(39)27(17-22(2)3)37-45(40,44-28-13-9-11-23-10-6-7-12-26(23)28)42-19-25-15-14-24(43-25)18-38-21-36-29-30(33)34-20-35-31(29)38/h6-7,9-13,20-22,24-25,27H,4-5,8,14-19H2,1-3H3,(H,37,40)(H2,33,34,35)/t24-,25+,27+,45?/m1/s1. The normalized spacial score (nSPS) is 18.8. The number of nitrogen functional groups attached to an aromatic ring is 1. The van der Waals surface area contributed by atoms with E-state index >= 15 is 0 Å². The second kappa shape index (κ2) is 15.1. The molecule has 12 nitrogen and oxygen atoms in total. The van der Waals surface area contributed by atoms with E-state index in [0.29, 0.717) is 48.7 Å². The zero-order valence-corrected chi connectivity index (χ0v) is 27.0. The maximum absolute atomic E-state index is 14.5. The molecule has 0 radical (unpaired) electrons. The molecule has 1 aliphatic heterocycles. The lowest BCUT2D eigenvalue weighted by atomic mass is 10.1. The van der Waals surface area contributed by atoms with E-state index in [1.54, 1.807) is 12.4 Å². The summed E-state index contributed by atoms with van der Waals surface area (Å²) in [5.41, 5.74) is 7.12. The van der Waals surface area contributed by atoms with Crippen LogP contribution in [0.2, 0.25) is 0 Å². The van der Waals surface area contributed by atoms with Crippen LogP contribution in [0.15, 0.2) is 55.1 Å². The molecule has 3 heterocycles. The van der Waals surface area contributed by atoms with Crippen LogP contribution in [0.1, 0.15) is 59.3 Å². The summed E-state index contributed by atoms with van der Waals surface area (Å²) in [5.74, 6) is 0.365. The maximum Gasteiger partial charge on any atom is 0.459 e. The highest BCUT2D eigenvalue weighted by molar-refractivity contribution is 7.52. The average Bonchev–Trinajstić information content (AvgIpc) is 3.66. The second-order valence-corrected chi connectivity index (χ2v) is 13.5. The van der Waals surface area contributed by atoms with E-state index in [4.69, 9.17) is 24.3 Å². The number of carbonyl (C=O) groups is 1. The molecule has 0 spiro atoms. The number of unbranched alkanes of at least 4 members (excludes halogenated alkanes) is 2. The highest BCUT2D eigenvalue weighted by atomic mass is 31.2. The number of esters is 1. The predicted octanol–water partition coefficient (Wildman–Crippen LogP) is 6.05. The highest BCUT2D eigenvalue weighted by Gasteiger charge is 2.37. The Morgan fingerprint density at radius 2 is 1.91 bits per heavy atom. The fraction of sp³-hybridized carbons (Fsp3) is 0.500. The van der Waals surface area contributed by atoms with Crippen molar-refractivity contribution >= 4 is 41.5 Å². The molecule has 4 aromatic rings. The van der Waals surface area contributed by atoms with Gasteiger partial charge in [0.15, 0.2) is 11.5 Å². The predicted molar refractivity (Wildman–Crippen MR) is 173 cm³/mol. The number of aromatic nitrogens is 4. The molecule has 5 rings (SSSR count). The van der Waals surface area contributed by atoms with Crippen molar-refractivity contribution in [1.29, 1.82) is 0 Å². The number of nitrogens with two attached hydrogens (primary N) is 1. The van der Waals surface area contributed by atoms with E-state index in [2.05, 4.69) is 27.0 Å². The molecule has 13 heteroatoms. The topological polar surface area (TPSA) is 153 Å². The van der Waals surface area contributed by atoms with Crippen molar-refractivity contribution in [1.82, 2.24) is 24.6 Å². The van der Waals surface area contributed by atoms with Gasteiger partial charge in [0, 0.05) is 5.39 Å². The number of nitrogens with zero attached hydrogens (tertiary/aromatic N) is 4. The Labute approximate surface area is 263 Å². The van der Waals surface area contributed by atoms with Crippen LogP contribution in [0.25, 0.3) is 21.9 Å². The van der Waals surface area contributed by atoms with Gasteiger partial charge in [0.25, 0.3) is 0 Å². The minimum Gasteiger partial charge on any atom is -0.465 e. The highest BCUT2D eigenvalue weighted by Crippen LogP contribution is 2.47. The molecular formula is C32H43N6O6P. The first-order valence-electron chi connectivity index (χ1n) is 15.7. The quantitative estimate of drug-likeness (QED) is 0.0838. The van der Waals surface area contributed by atoms with Crippen LogP contribution in [0.5, 0.6) is 5.75 Å². The molecule has 45 heavy (non-hydrogen) atoms. The van der Waals surface area contributed by atoms with Crippen LogP contribution >= 0.6 is 7.75 Å². The first-order valence-corrected chi connectivity index (χ1v) is 17.2.